The lowest BCUT2D eigenvalue weighted by Gasteiger charge is -2.12. The molecule has 0 radical (unpaired) electrons. The fourth-order valence-corrected chi connectivity index (χ4v) is 4.03. The van der Waals surface area contributed by atoms with Crippen molar-refractivity contribution in [2.24, 2.45) is 0 Å². The van der Waals surface area contributed by atoms with Crippen molar-refractivity contribution in [2.75, 3.05) is 11.9 Å². The number of ether oxygens (including phenoxy) is 1. The van der Waals surface area contributed by atoms with Crippen molar-refractivity contribution in [2.45, 2.75) is 30.5 Å². The molecule has 0 bridgehead atoms. The molecule has 2 aromatic heterocycles. The Morgan fingerprint density at radius 2 is 1.94 bits per heavy atom. The molecule has 10 heteroatoms. The highest BCUT2D eigenvalue weighted by molar-refractivity contribution is 7.98. The lowest BCUT2D eigenvalue weighted by molar-refractivity contribution is -0.118. The predicted molar refractivity (Wildman–Crippen MR) is 124 cm³/mol. The molecular weight excluding hydrogens is 445 g/mol. The van der Waals surface area contributed by atoms with E-state index in [0.29, 0.717) is 28.7 Å². The molecule has 2 aromatic carbocycles. The Labute approximate surface area is 193 Å². The lowest BCUT2D eigenvalue weighted by atomic mass is 10.3. The van der Waals surface area contributed by atoms with Gasteiger partial charge >= 0.3 is 0 Å². The van der Waals surface area contributed by atoms with E-state index in [0.717, 1.165) is 4.90 Å². The van der Waals surface area contributed by atoms with Gasteiger partial charge < -0.3 is 10.1 Å². The lowest BCUT2D eigenvalue weighted by Crippen LogP contribution is -2.22. The smallest absolute Gasteiger partial charge is 0.274 e. The topological polar surface area (TPSA) is 90.5 Å². The predicted octanol–water partition coefficient (Wildman–Crippen LogP) is 3.92. The SMILES string of the molecule is CC(C)n1cnc2nc(CSc3ccccc3NC(=O)COc3ccc(F)cc3)cc(=O)n21. The molecule has 0 saturated heterocycles. The van der Waals surface area contributed by atoms with E-state index in [1.54, 1.807) is 17.1 Å². The van der Waals surface area contributed by atoms with Crippen LogP contribution in [0.15, 0.2) is 70.6 Å². The van der Waals surface area contributed by atoms with Crippen molar-refractivity contribution in [3.63, 3.8) is 0 Å². The Hall–Kier alpha value is -3.66. The molecule has 4 rings (SSSR count). The van der Waals surface area contributed by atoms with Crippen LogP contribution in [0, 0.1) is 5.82 Å². The molecule has 0 saturated carbocycles. The first-order valence-electron chi connectivity index (χ1n) is 10.3. The van der Waals surface area contributed by atoms with Crippen LogP contribution in [0.2, 0.25) is 0 Å². The van der Waals surface area contributed by atoms with Gasteiger partial charge in [-0.2, -0.15) is 9.50 Å². The van der Waals surface area contributed by atoms with E-state index in [1.165, 1.54) is 46.6 Å². The largest absolute Gasteiger partial charge is 0.484 e. The minimum Gasteiger partial charge on any atom is -0.484 e. The zero-order valence-electron chi connectivity index (χ0n) is 18.1. The van der Waals surface area contributed by atoms with Gasteiger partial charge in [-0.25, -0.2) is 9.37 Å². The van der Waals surface area contributed by atoms with Crippen molar-refractivity contribution in [3.8, 4) is 5.75 Å². The van der Waals surface area contributed by atoms with Gasteiger partial charge in [-0.15, -0.1) is 11.8 Å². The molecule has 0 atom stereocenters. The number of halogens is 1. The zero-order chi connectivity index (χ0) is 23.4. The second-order valence-electron chi connectivity index (χ2n) is 7.49. The van der Waals surface area contributed by atoms with Crippen molar-refractivity contribution in [1.29, 1.82) is 0 Å². The summed E-state index contributed by atoms with van der Waals surface area (Å²) in [5.74, 6) is 0.471. The van der Waals surface area contributed by atoms with Crippen LogP contribution in [0.1, 0.15) is 25.6 Å². The number of thioether (sulfide) groups is 1. The van der Waals surface area contributed by atoms with Gasteiger partial charge in [-0.05, 0) is 50.2 Å². The Morgan fingerprint density at radius 1 is 1.18 bits per heavy atom. The molecule has 4 aromatic rings. The van der Waals surface area contributed by atoms with Crippen LogP contribution in [-0.4, -0.2) is 31.7 Å². The third-order valence-electron chi connectivity index (χ3n) is 4.70. The van der Waals surface area contributed by atoms with Gasteiger partial charge in [-0.3, -0.25) is 14.3 Å². The van der Waals surface area contributed by atoms with Gasteiger partial charge in [0.25, 0.3) is 17.2 Å². The Bertz CT molecular complexity index is 1330. The molecule has 170 valence electrons. The summed E-state index contributed by atoms with van der Waals surface area (Å²) in [6, 6.07) is 14.4. The third kappa shape index (κ3) is 5.40. The number of hydrogen-bond acceptors (Lipinski definition) is 6. The molecule has 0 spiro atoms. The fourth-order valence-electron chi connectivity index (χ4n) is 3.13. The van der Waals surface area contributed by atoms with Gasteiger partial charge in [-0.1, -0.05) is 12.1 Å². The number of benzene rings is 2. The number of carbonyl (C=O) groups excluding carboxylic acids is 1. The number of amides is 1. The Morgan fingerprint density at radius 3 is 2.70 bits per heavy atom. The number of hydrogen-bond donors (Lipinski definition) is 1. The maximum atomic E-state index is 13.0. The van der Waals surface area contributed by atoms with Crippen molar-refractivity contribution < 1.29 is 13.9 Å². The fraction of sp³-hybridized carbons (Fsp3) is 0.217. The summed E-state index contributed by atoms with van der Waals surface area (Å²) in [6.07, 6.45) is 1.60. The van der Waals surface area contributed by atoms with E-state index in [2.05, 4.69) is 15.3 Å². The van der Waals surface area contributed by atoms with E-state index in [-0.39, 0.29) is 29.9 Å². The maximum Gasteiger partial charge on any atom is 0.274 e. The molecular formula is C23H22FN5O3S. The highest BCUT2D eigenvalue weighted by Gasteiger charge is 2.12. The average Bonchev–Trinajstić information content (AvgIpc) is 3.23. The average molecular weight is 468 g/mol. The number of nitrogens with one attached hydrogen (secondary N) is 1. The van der Waals surface area contributed by atoms with Crippen molar-refractivity contribution in [1.82, 2.24) is 19.2 Å². The Kier molecular flexibility index (Phi) is 6.74. The summed E-state index contributed by atoms with van der Waals surface area (Å²) < 4.78 is 21.6. The molecule has 0 aliphatic carbocycles. The third-order valence-corrected chi connectivity index (χ3v) is 5.81. The monoisotopic (exact) mass is 467 g/mol. The number of aromatic nitrogens is 4. The summed E-state index contributed by atoms with van der Waals surface area (Å²) in [6.45, 7) is 3.72. The van der Waals surface area contributed by atoms with E-state index >= 15 is 0 Å². The van der Waals surface area contributed by atoms with Gasteiger partial charge in [0, 0.05) is 22.8 Å². The zero-order valence-corrected chi connectivity index (χ0v) is 18.9. The second kappa shape index (κ2) is 9.86. The first-order valence-corrected chi connectivity index (χ1v) is 11.2. The van der Waals surface area contributed by atoms with Crippen molar-refractivity contribution >= 4 is 29.1 Å². The number of para-hydroxylation sites is 1. The molecule has 0 unspecified atom stereocenters. The summed E-state index contributed by atoms with van der Waals surface area (Å²) in [4.78, 5) is 34.5. The molecule has 0 aliphatic rings. The van der Waals surface area contributed by atoms with Crippen LogP contribution in [0.3, 0.4) is 0 Å². The van der Waals surface area contributed by atoms with Crippen LogP contribution >= 0.6 is 11.8 Å². The minimum atomic E-state index is -0.373. The number of nitrogens with zero attached hydrogens (tertiary/aromatic N) is 4. The molecule has 2 heterocycles. The summed E-state index contributed by atoms with van der Waals surface area (Å²) in [5, 5.41) is 2.82. The van der Waals surface area contributed by atoms with Crippen LogP contribution < -0.4 is 15.6 Å². The number of carbonyl (C=O) groups is 1. The van der Waals surface area contributed by atoms with Crippen molar-refractivity contribution in [3.05, 3.63) is 82.8 Å². The first-order chi connectivity index (χ1) is 15.9. The molecule has 1 amide bonds. The minimum absolute atomic E-state index is 0.0808. The highest BCUT2D eigenvalue weighted by Crippen LogP contribution is 2.29. The van der Waals surface area contributed by atoms with Gasteiger partial charge in [0.2, 0.25) is 0 Å². The van der Waals surface area contributed by atoms with Gasteiger partial charge in [0.15, 0.2) is 6.61 Å². The van der Waals surface area contributed by atoms with Gasteiger partial charge in [0.05, 0.1) is 11.4 Å². The van der Waals surface area contributed by atoms with E-state index in [9.17, 15) is 14.0 Å². The summed E-state index contributed by atoms with van der Waals surface area (Å²) in [5.41, 5.74) is 1.03. The van der Waals surface area contributed by atoms with E-state index in [4.69, 9.17) is 4.74 Å². The van der Waals surface area contributed by atoms with Crippen LogP contribution in [0.5, 0.6) is 5.75 Å². The first kappa shape index (κ1) is 22.5. The van der Waals surface area contributed by atoms with E-state index < -0.39 is 0 Å². The molecule has 0 aliphatic heterocycles. The standard InChI is InChI=1S/C23H22FN5O3S/c1-15(2)28-14-25-23-26-17(11-22(31)29(23)28)13-33-20-6-4-3-5-19(20)27-21(30)12-32-18-9-7-16(24)8-10-18/h3-11,14-15H,12-13H2,1-2H3,(H,27,30). The van der Waals surface area contributed by atoms with Crippen LogP contribution in [0.4, 0.5) is 10.1 Å². The molecule has 0 fully saturated rings. The van der Waals surface area contributed by atoms with Crippen LogP contribution in [-0.2, 0) is 10.5 Å². The summed E-state index contributed by atoms with van der Waals surface area (Å²) >= 11 is 1.45. The van der Waals surface area contributed by atoms with E-state index in [1.807, 2.05) is 32.0 Å². The molecule has 8 nitrogen and oxygen atoms in total. The maximum absolute atomic E-state index is 13.0. The Balaban J connectivity index is 1.42. The highest BCUT2D eigenvalue weighted by atomic mass is 32.2. The summed E-state index contributed by atoms with van der Waals surface area (Å²) in [7, 11) is 0. The number of fused-ring (bicyclic) bond motifs is 1. The number of anilines is 1. The number of rotatable bonds is 8. The molecule has 1 N–H and O–H groups in total. The normalized spacial score (nSPS) is 11.2. The van der Waals surface area contributed by atoms with Crippen LogP contribution in [0.25, 0.3) is 5.78 Å². The van der Waals surface area contributed by atoms with Gasteiger partial charge in [0.1, 0.15) is 17.9 Å². The second-order valence-corrected chi connectivity index (χ2v) is 8.51. The molecule has 33 heavy (non-hydrogen) atoms. The quantitative estimate of drug-likeness (QED) is 0.395.